The summed E-state index contributed by atoms with van der Waals surface area (Å²) in [5.41, 5.74) is 1.18. The van der Waals surface area contributed by atoms with Gasteiger partial charge in [-0.15, -0.1) is 11.3 Å². The monoisotopic (exact) mass is 322 g/mol. The molecular formula is C15H18N2O2S2. The van der Waals surface area contributed by atoms with Crippen molar-refractivity contribution in [3.05, 3.63) is 20.8 Å². The molecule has 0 spiro atoms. The van der Waals surface area contributed by atoms with E-state index in [-0.39, 0.29) is 11.3 Å². The minimum absolute atomic E-state index is 0.0302. The number of ketones is 1. The number of aromatic amines is 1. The zero-order valence-electron chi connectivity index (χ0n) is 12.2. The number of hydrogen-bond acceptors (Lipinski definition) is 5. The largest absolute Gasteiger partial charge is 0.301 e. The van der Waals surface area contributed by atoms with Crippen LogP contribution in [-0.4, -0.2) is 21.5 Å². The van der Waals surface area contributed by atoms with Crippen LogP contribution in [0.25, 0.3) is 10.2 Å². The van der Waals surface area contributed by atoms with Crippen LogP contribution in [0.2, 0.25) is 0 Å². The molecule has 1 atom stereocenters. The Morgan fingerprint density at radius 3 is 3.10 bits per heavy atom. The average Bonchev–Trinajstić information content (AvgIpc) is 2.75. The zero-order chi connectivity index (χ0) is 15.0. The molecule has 1 unspecified atom stereocenters. The minimum Gasteiger partial charge on any atom is -0.301 e. The van der Waals surface area contributed by atoms with Gasteiger partial charge in [0, 0.05) is 17.1 Å². The van der Waals surface area contributed by atoms with Crippen molar-refractivity contribution < 1.29 is 4.79 Å². The smallest absolute Gasteiger partial charge is 0.260 e. The summed E-state index contributed by atoms with van der Waals surface area (Å²) in [4.78, 5) is 32.9. The first-order valence-corrected chi connectivity index (χ1v) is 9.01. The SMILES string of the molecule is CC(=O)CCSc1nc2sc3c(c2c(=O)[nH]1)CCC(C)C3. The lowest BCUT2D eigenvalue weighted by atomic mass is 9.89. The second kappa shape index (κ2) is 5.93. The highest BCUT2D eigenvalue weighted by Crippen LogP contribution is 2.36. The number of thioether (sulfide) groups is 1. The third-order valence-electron chi connectivity index (χ3n) is 3.84. The third-order valence-corrected chi connectivity index (χ3v) is 5.86. The number of thiophene rings is 1. The Morgan fingerprint density at radius 1 is 1.52 bits per heavy atom. The maximum Gasteiger partial charge on any atom is 0.260 e. The number of rotatable bonds is 4. The third kappa shape index (κ3) is 3.06. The van der Waals surface area contributed by atoms with E-state index >= 15 is 0 Å². The highest BCUT2D eigenvalue weighted by atomic mass is 32.2. The van der Waals surface area contributed by atoms with Crippen molar-refractivity contribution >= 4 is 39.1 Å². The fraction of sp³-hybridized carbons (Fsp3) is 0.533. The number of aryl methyl sites for hydroxylation is 1. The molecule has 2 heterocycles. The summed E-state index contributed by atoms with van der Waals surface area (Å²) in [6.07, 6.45) is 3.69. The van der Waals surface area contributed by atoms with Gasteiger partial charge < -0.3 is 4.98 Å². The molecule has 0 amide bonds. The highest BCUT2D eigenvalue weighted by Gasteiger charge is 2.22. The second-order valence-electron chi connectivity index (χ2n) is 5.70. The quantitative estimate of drug-likeness (QED) is 0.693. The van der Waals surface area contributed by atoms with E-state index in [1.807, 2.05) is 0 Å². The van der Waals surface area contributed by atoms with Crippen molar-refractivity contribution in [1.82, 2.24) is 9.97 Å². The molecule has 1 N–H and O–H groups in total. The van der Waals surface area contributed by atoms with Crippen LogP contribution < -0.4 is 5.56 Å². The lowest BCUT2D eigenvalue weighted by molar-refractivity contribution is -0.116. The van der Waals surface area contributed by atoms with Gasteiger partial charge in [0.05, 0.1) is 5.39 Å². The molecule has 0 aromatic carbocycles. The van der Waals surface area contributed by atoms with Gasteiger partial charge in [-0.3, -0.25) is 9.59 Å². The van der Waals surface area contributed by atoms with Gasteiger partial charge in [0.2, 0.25) is 0 Å². The van der Waals surface area contributed by atoms with Crippen LogP contribution >= 0.6 is 23.1 Å². The molecule has 0 bridgehead atoms. The molecule has 0 aliphatic heterocycles. The number of carbonyl (C=O) groups is 1. The summed E-state index contributed by atoms with van der Waals surface area (Å²) in [6.45, 7) is 3.84. The van der Waals surface area contributed by atoms with Gasteiger partial charge in [-0.1, -0.05) is 18.7 Å². The maximum atomic E-state index is 12.3. The lowest BCUT2D eigenvalue weighted by Gasteiger charge is -2.17. The van der Waals surface area contributed by atoms with Crippen molar-refractivity contribution in [2.45, 2.75) is 44.7 Å². The Kier molecular flexibility index (Phi) is 4.17. The molecule has 21 heavy (non-hydrogen) atoms. The Bertz CT molecular complexity index is 748. The average molecular weight is 322 g/mol. The van der Waals surface area contributed by atoms with E-state index in [0.717, 1.165) is 29.5 Å². The van der Waals surface area contributed by atoms with E-state index in [1.54, 1.807) is 18.3 Å². The summed E-state index contributed by atoms with van der Waals surface area (Å²) in [7, 11) is 0. The summed E-state index contributed by atoms with van der Waals surface area (Å²) in [6, 6.07) is 0. The first-order chi connectivity index (χ1) is 10.0. The van der Waals surface area contributed by atoms with Gasteiger partial charge in [-0.2, -0.15) is 0 Å². The molecule has 0 radical (unpaired) electrons. The molecule has 0 saturated heterocycles. The molecule has 112 valence electrons. The van der Waals surface area contributed by atoms with Gasteiger partial charge >= 0.3 is 0 Å². The molecule has 4 nitrogen and oxygen atoms in total. The van der Waals surface area contributed by atoms with Crippen molar-refractivity contribution in [1.29, 1.82) is 0 Å². The predicted octanol–water partition coefficient (Wildman–Crippen LogP) is 3.18. The molecular weight excluding hydrogens is 304 g/mol. The molecule has 1 aliphatic carbocycles. The topological polar surface area (TPSA) is 62.8 Å². The molecule has 3 rings (SSSR count). The van der Waals surface area contributed by atoms with Gasteiger partial charge in [-0.25, -0.2) is 4.98 Å². The summed E-state index contributed by atoms with van der Waals surface area (Å²) in [5, 5.41) is 1.42. The Hall–Kier alpha value is -1.14. The zero-order valence-corrected chi connectivity index (χ0v) is 13.8. The van der Waals surface area contributed by atoms with Crippen molar-refractivity contribution in [3.8, 4) is 0 Å². The molecule has 2 aromatic heterocycles. The molecule has 1 aliphatic rings. The fourth-order valence-electron chi connectivity index (χ4n) is 2.69. The van der Waals surface area contributed by atoms with Crippen LogP contribution in [0.3, 0.4) is 0 Å². The van der Waals surface area contributed by atoms with Crippen LogP contribution in [0.15, 0.2) is 9.95 Å². The van der Waals surface area contributed by atoms with Gasteiger partial charge in [0.25, 0.3) is 5.56 Å². The minimum atomic E-state index is -0.0302. The molecule has 2 aromatic rings. The van der Waals surface area contributed by atoms with Gasteiger partial charge in [0.1, 0.15) is 10.6 Å². The van der Waals surface area contributed by atoms with E-state index in [1.165, 1.54) is 22.2 Å². The number of fused-ring (bicyclic) bond motifs is 3. The summed E-state index contributed by atoms with van der Waals surface area (Å²) in [5.74, 6) is 1.51. The predicted molar refractivity (Wildman–Crippen MR) is 87.5 cm³/mol. The molecule has 0 saturated carbocycles. The van der Waals surface area contributed by atoms with Crippen LogP contribution in [0, 0.1) is 5.92 Å². The van der Waals surface area contributed by atoms with Crippen LogP contribution in [0.4, 0.5) is 0 Å². The van der Waals surface area contributed by atoms with Crippen LogP contribution in [-0.2, 0) is 17.6 Å². The number of carbonyl (C=O) groups excluding carboxylic acids is 1. The van der Waals surface area contributed by atoms with E-state index in [4.69, 9.17) is 0 Å². The lowest BCUT2D eigenvalue weighted by Crippen LogP contribution is -2.13. The Labute approximate surface area is 131 Å². The second-order valence-corrected chi connectivity index (χ2v) is 7.87. The fourth-order valence-corrected chi connectivity index (χ4v) is 5.03. The number of nitrogens with zero attached hydrogens (tertiary/aromatic N) is 1. The summed E-state index contributed by atoms with van der Waals surface area (Å²) >= 11 is 3.10. The van der Waals surface area contributed by atoms with Crippen molar-refractivity contribution in [3.63, 3.8) is 0 Å². The molecule has 0 fully saturated rings. The van der Waals surface area contributed by atoms with E-state index in [2.05, 4.69) is 16.9 Å². The van der Waals surface area contributed by atoms with E-state index in [9.17, 15) is 9.59 Å². The number of hydrogen-bond donors (Lipinski definition) is 1. The van der Waals surface area contributed by atoms with Crippen molar-refractivity contribution in [2.24, 2.45) is 5.92 Å². The molecule has 6 heteroatoms. The van der Waals surface area contributed by atoms with Crippen molar-refractivity contribution in [2.75, 3.05) is 5.75 Å². The Morgan fingerprint density at radius 2 is 2.33 bits per heavy atom. The standard InChI is InChI=1S/C15H18N2O2S2/c1-8-3-4-10-11(7-8)21-14-12(10)13(19)16-15(17-14)20-6-5-9(2)18/h8H,3-7H2,1-2H3,(H,16,17,19). The normalized spacial score (nSPS) is 17.9. The van der Waals surface area contributed by atoms with Gasteiger partial charge in [-0.05, 0) is 37.7 Å². The number of aromatic nitrogens is 2. The van der Waals surface area contributed by atoms with Gasteiger partial charge in [0.15, 0.2) is 5.16 Å². The number of Topliss-reactive ketones (excluding diaryl/α,β-unsaturated/α-hetero) is 1. The first-order valence-electron chi connectivity index (χ1n) is 7.21. The first kappa shape index (κ1) is 14.8. The van der Waals surface area contributed by atoms with E-state index in [0.29, 0.717) is 23.2 Å². The Balaban J connectivity index is 1.93. The highest BCUT2D eigenvalue weighted by molar-refractivity contribution is 7.99. The number of H-pyrrole nitrogens is 1. The number of nitrogens with one attached hydrogen (secondary N) is 1. The summed E-state index contributed by atoms with van der Waals surface area (Å²) < 4.78 is 0. The maximum absolute atomic E-state index is 12.3. The van der Waals surface area contributed by atoms with Crippen LogP contribution in [0.1, 0.15) is 37.1 Å². The van der Waals surface area contributed by atoms with E-state index < -0.39 is 0 Å². The van der Waals surface area contributed by atoms with Crippen LogP contribution in [0.5, 0.6) is 0 Å².